The van der Waals surface area contributed by atoms with Gasteiger partial charge in [0.05, 0.1) is 45.6 Å². The summed E-state index contributed by atoms with van der Waals surface area (Å²) < 4.78 is 21.2. The van der Waals surface area contributed by atoms with Gasteiger partial charge in [0.1, 0.15) is 23.0 Å². The van der Waals surface area contributed by atoms with Crippen molar-refractivity contribution in [3.8, 4) is 23.0 Å². The van der Waals surface area contributed by atoms with E-state index in [0.29, 0.717) is 39.9 Å². The summed E-state index contributed by atoms with van der Waals surface area (Å²) in [6.45, 7) is 1.44. The molecular formula is C24H28N2O8. The fourth-order valence-corrected chi connectivity index (χ4v) is 2.99. The van der Waals surface area contributed by atoms with Crippen molar-refractivity contribution in [2.24, 2.45) is 5.92 Å². The summed E-state index contributed by atoms with van der Waals surface area (Å²) in [4.78, 5) is 35.7. The lowest BCUT2D eigenvalue weighted by molar-refractivity contribution is -0.142. The minimum absolute atomic E-state index is 0.205. The molecule has 3 N–H and O–H groups in total. The third-order valence-corrected chi connectivity index (χ3v) is 4.81. The van der Waals surface area contributed by atoms with E-state index in [1.165, 1.54) is 47.5 Å². The summed E-state index contributed by atoms with van der Waals surface area (Å²) in [6, 6.07) is 8.04. The molecule has 0 fully saturated rings. The molecule has 0 heterocycles. The maximum Gasteiger partial charge on any atom is 0.306 e. The monoisotopic (exact) mass is 472 g/mol. The molecule has 10 heteroatoms. The average Bonchev–Trinajstić information content (AvgIpc) is 2.82. The van der Waals surface area contributed by atoms with Gasteiger partial charge in [0.15, 0.2) is 0 Å². The zero-order valence-corrected chi connectivity index (χ0v) is 19.6. The van der Waals surface area contributed by atoms with Crippen molar-refractivity contribution in [3.63, 3.8) is 0 Å². The summed E-state index contributed by atoms with van der Waals surface area (Å²) in [5.41, 5.74) is 1.24. The molecule has 0 saturated carbocycles. The molecule has 0 aliphatic rings. The van der Waals surface area contributed by atoms with Gasteiger partial charge in [0.2, 0.25) is 11.8 Å². The summed E-state index contributed by atoms with van der Waals surface area (Å²) in [5.74, 6) is -1.02. The van der Waals surface area contributed by atoms with Crippen LogP contribution in [0.5, 0.6) is 23.0 Å². The summed E-state index contributed by atoms with van der Waals surface area (Å²) in [6.07, 6.45) is 2.65. The Balaban J connectivity index is 2.19. The number of hydrogen-bond acceptors (Lipinski definition) is 7. The van der Waals surface area contributed by atoms with Gasteiger partial charge < -0.3 is 34.7 Å². The first kappa shape index (κ1) is 26.0. The van der Waals surface area contributed by atoms with Gasteiger partial charge in [-0.2, -0.15) is 0 Å². The third-order valence-electron chi connectivity index (χ3n) is 4.81. The molecule has 0 aliphatic heterocycles. The molecule has 10 nitrogen and oxygen atoms in total. The number of carboxylic acids is 1. The van der Waals surface area contributed by atoms with Gasteiger partial charge in [-0.1, -0.05) is 6.92 Å². The second kappa shape index (κ2) is 12.1. The Morgan fingerprint density at radius 1 is 0.912 bits per heavy atom. The van der Waals surface area contributed by atoms with Crippen LogP contribution >= 0.6 is 0 Å². The van der Waals surface area contributed by atoms with Crippen LogP contribution in [0, 0.1) is 5.92 Å². The summed E-state index contributed by atoms with van der Waals surface area (Å²) >= 11 is 0. The average molecular weight is 472 g/mol. The number of aliphatic carboxylic acids is 1. The van der Waals surface area contributed by atoms with Gasteiger partial charge >= 0.3 is 5.97 Å². The van der Waals surface area contributed by atoms with E-state index in [1.807, 2.05) is 0 Å². The second-order valence-corrected chi connectivity index (χ2v) is 7.17. The number of benzene rings is 2. The Kier molecular flexibility index (Phi) is 9.30. The Morgan fingerprint density at radius 2 is 1.53 bits per heavy atom. The van der Waals surface area contributed by atoms with Crippen LogP contribution in [0.2, 0.25) is 0 Å². The molecule has 0 radical (unpaired) electrons. The topological polar surface area (TPSA) is 132 Å². The Bertz CT molecular complexity index is 1060. The third kappa shape index (κ3) is 6.89. The fourth-order valence-electron chi connectivity index (χ4n) is 2.99. The maximum absolute atomic E-state index is 12.5. The Labute approximate surface area is 197 Å². The highest BCUT2D eigenvalue weighted by Crippen LogP contribution is 2.35. The van der Waals surface area contributed by atoms with Crippen LogP contribution < -0.4 is 29.6 Å². The van der Waals surface area contributed by atoms with Gasteiger partial charge in [-0.25, -0.2) is 0 Å². The molecule has 1 unspecified atom stereocenters. The number of carboxylic acid groups (broad SMARTS) is 1. The van der Waals surface area contributed by atoms with Crippen LogP contribution in [-0.4, -0.2) is 51.3 Å². The standard InChI is InChI=1S/C24H28N2O8/c1-14(24(29)30)10-23(28)26-18-11-15(6-8-19(18)32-3)25-22(27)9-7-17-20(33-4)12-16(31-2)13-21(17)34-5/h6-9,11-14H,10H2,1-5H3,(H,25,27)(H,26,28)(H,29,30)/b9-7+. The highest BCUT2D eigenvalue weighted by atomic mass is 16.5. The molecule has 0 aliphatic carbocycles. The van der Waals surface area contributed by atoms with Gasteiger partial charge in [0, 0.05) is 30.3 Å². The predicted molar refractivity (Wildman–Crippen MR) is 127 cm³/mol. The van der Waals surface area contributed by atoms with E-state index in [-0.39, 0.29) is 6.42 Å². The van der Waals surface area contributed by atoms with E-state index in [0.717, 1.165) is 0 Å². The van der Waals surface area contributed by atoms with Crippen molar-refractivity contribution >= 4 is 35.2 Å². The minimum atomic E-state index is -1.07. The lowest BCUT2D eigenvalue weighted by Crippen LogP contribution is -2.20. The molecule has 2 rings (SSSR count). The molecule has 2 aromatic carbocycles. The number of carbonyl (C=O) groups is 3. The first-order valence-corrected chi connectivity index (χ1v) is 10.2. The van der Waals surface area contributed by atoms with E-state index in [2.05, 4.69) is 10.6 Å². The quantitative estimate of drug-likeness (QED) is 0.424. The molecule has 0 bridgehead atoms. The summed E-state index contributed by atoms with van der Waals surface area (Å²) in [7, 11) is 5.95. The van der Waals surface area contributed by atoms with Gasteiger partial charge in [-0.15, -0.1) is 0 Å². The molecule has 34 heavy (non-hydrogen) atoms. The van der Waals surface area contributed by atoms with Crippen molar-refractivity contribution in [1.29, 1.82) is 0 Å². The molecule has 0 saturated heterocycles. The van der Waals surface area contributed by atoms with E-state index in [4.69, 9.17) is 24.1 Å². The number of hydrogen-bond donors (Lipinski definition) is 3. The molecule has 182 valence electrons. The lowest BCUT2D eigenvalue weighted by atomic mass is 10.1. The SMILES string of the molecule is COc1cc(OC)c(/C=C/C(=O)Nc2ccc(OC)c(NC(=O)CC(C)C(=O)O)c2)c(OC)c1. The highest BCUT2D eigenvalue weighted by molar-refractivity contribution is 6.03. The molecule has 2 amide bonds. The van der Waals surface area contributed by atoms with E-state index >= 15 is 0 Å². The van der Waals surface area contributed by atoms with Crippen LogP contribution in [0.3, 0.4) is 0 Å². The predicted octanol–water partition coefficient (Wildman–Crippen LogP) is 3.42. The van der Waals surface area contributed by atoms with Gasteiger partial charge in [0.25, 0.3) is 0 Å². The smallest absolute Gasteiger partial charge is 0.306 e. The molecule has 0 aromatic heterocycles. The van der Waals surface area contributed by atoms with Crippen LogP contribution in [0.1, 0.15) is 18.9 Å². The zero-order chi connectivity index (χ0) is 25.3. The van der Waals surface area contributed by atoms with Gasteiger partial charge in [-0.3, -0.25) is 14.4 Å². The van der Waals surface area contributed by atoms with Gasteiger partial charge in [-0.05, 0) is 24.3 Å². The molecule has 1 atom stereocenters. The Hall–Kier alpha value is -4.21. The number of rotatable bonds is 11. The number of amides is 2. The lowest BCUT2D eigenvalue weighted by Gasteiger charge is -2.13. The van der Waals surface area contributed by atoms with Crippen molar-refractivity contribution < 1.29 is 38.4 Å². The number of carbonyl (C=O) groups excluding carboxylic acids is 2. The first-order chi connectivity index (χ1) is 16.2. The fraction of sp³-hybridized carbons (Fsp3) is 0.292. The van der Waals surface area contributed by atoms with Crippen molar-refractivity contribution in [2.75, 3.05) is 39.1 Å². The first-order valence-electron chi connectivity index (χ1n) is 10.2. The maximum atomic E-state index is 12.5. The van der Waals surface area contributed by atoms with Crippen molar-refractivity contribution in [3.05, 3.63) is 42.0 Å². The minimum Gasteiger partial charge on any atom is -0.496 e. The number of anilines is 2. The van der Waals surface area contributed by atoms with Crippen LogP contribution in [-0.2, 0) is 14.4 Å². The number of methoxy groups -OCH3 is 4. The highest BCUT2D eigenvalue weighted by Gasteiger charge is 2.17. The normalized spacial score (nSPS) is 11.4. The van der Waals surface area contributed by atoms with E-state index in [1.54, 1.807) is 30.3 Å². The second-order valence-electron chi connectivity index (χ2n) is 7.17. The summed E-state index contributed by atoms with van der Waals surface area (Å²) in [5, 5.41) is 14.3. The van der Waals surface area contributed by atoms with Crippen LogP contribution in [0.25, 0.3) is 6.08 Å². The largest absolute Gasteiger partial charge is 0.496 e. The molecule has 0 spiro atoms. The van der Waals surface area contributed by atoms with Crippen molar-refractivity contribution in [1.82, 2.24) is 0 Å². The number of nitrogens with one attached hydrogen (secondary N) is 2. The zero-order valence-electron chi connectivity index (χ0n) is 19.6. The van der Waals surface area contributed by atoms with Crippen LogP contribution in [0.15, 0.2) is 36.4 Å². The molecule has 2 aromatic rings. The molecular weight excluding hydrogens is 444 g/mol. The number of ether oxygens (including phenoxy) is 4. The Morgan fingerprint density at radius 3 is 2.06 bits per heavy atom. The van der Waals surface area contributed by atoms with Crippen molar-refractivity contribution in [2.45, 2.75) is 13.3 Å². The van der Waals surface area contributed by atoms with Crippen LogP contribution in [0.4, 0.5) is 11.4 Å². The van der Waals surface area contributed by atoms with E-state index in [9.17, 15) is 14.4 Å². The van der Waals surface area contributed by atoms with E-state index < -0.39 is 23.7 Å².